The molecule has 0 fully saturated rings. The van der Waals surface area contributed by atoms with Gasteiger partial charge in [-0.25, -0.2) is 0 Å². The summed E-state index contributed by atoms with van der Waals surface area (Å²) >= 11 is 8.51. The van der Waals surface area contributed by atoms with Crippen molar-refractivity contribution in [3.63, 3.8) is 0 Å². The van der Waals surface area contributed by atoms with Crippen LogP contribution in [0.2, 0.25) is 4.44 Å². The van der Waals surface area contributed by atoms with E-state index in [4.69, 9.17) is 9.22 Å². The maximum atomic E-state index is 14.7. The molecule has 0 heterocycles. The molecule has 458 valence electrons. The van der Waals surface area contributed by atoms with Gasteiger partial charge in [-0.15, -0.1) is 0 Å². The smallest absolute Gasteiger partial charge is 0.0654 e. The van der Waals surface area contributed by atoms with Crippen LogP contribution in [0.15, 0.2) is 36.5 Å². The van der Waals surface area contributed by atoms with Gasteiger partial charge in [0, 0.05) is 0 Å². The molecular weight excluding hydrogens is 1130 g/mol. The number of carbonyl (C=O) groups excluding carboxylic acids is 3. The molecule has 0 saturated carbocycles. The Labute approximate surface area is 507 Å². The van der Waals surface area contributed by atoms with Crippen molar-refractivity contribution in [1.82, 2.24) is 0 Å². The second-order valence-electron chi connectivity index (χ2n) is 23.1. The topological polar surface area (TPSA) is 78.9 Å². The Bertz CT molecular complexity index is 1260. The number of carbonyl (C=O) groups is 3. The normalized spacial score (nSPS) is 13.9. The fraction of sp³-hybridized carbons (Fsp3) is 0.868. The minimum absolute atomic E-state index is 0.323. The Morgan fingerprint density at radius 2 is 0.500 bits per heavy atom. The van der Waals surface area contributed by atoms with E-state index >= 15 is 0 Å². The van der Waals surface area contributed by atoms with Gasteiger partial charge in [0.1, 0.15) is 0 Å². The molecule has 0 radical (unpaired) electrons. The van der Waals surface area contributed by atoms with E-state index in [0.29, 0.717) is 66.6 Å². The monoisotopic (exact) mass is 1260 g/mol. The molecule has 0 aliphatic rings. The number of allylic oxidation sites excluding steroid dienone is 6. The van der Waals surface area contributed by atoms with Gasteiger partial charge in [-0.2, -0.15) is 0 Å². The number of thiol groups is 3. The predicted octanol–water partition coefficient (Wildman–Crippen LogP) is 22.7. The van der Waals surface area contributed by atoms with Gasteiger partial charge in [0.15, 0.2) is 0 Å². The summed E-state index contributed by atoms with van der Waals surface area (Å²) in [7, 11) is 0. The van der Waals surface area contributed by atoms with Crippen LogP contribution in [0.1, 0.15) is 336 Å². The van der Waals surface area contributed by atoms with E-state index in [9.17, 15) is 14.4 Å². The van der Waals surface area contributed by atoms with E-state index in [-0.39, 0.29) is 17.9 Å². The van der Waals surface area contributed by atoms with E-state index in [1.165, 1.54) is 135 Å². The SMILES string of the molecule is CCCCCCCC/C=C\CCCCCCC(CCS)C(=O)[O][Sn]([CH2]CCCCCCC)([O]C(=O)C(CCS)CCCCCC/C=C\CCCCCCCC)[O]C(=O)C(CCS)CCCCCC/C=C\CCCCCCCC. The zero-order chi connectivity index (χ0) is 57.1. The molecule has 0 aromatic carbocycles. The van der Waals surface area contributed by atoms with E-state index in [1.807, 2.05) is 0 Å². The maximum absolute atomic E-state index is 14.7. The fourth-order valence-corrected chi connectivity index (χ4v) is 18.7. The second-order valence-corrected chi connectivity index (χ2v) is 31.6. The van der Waals surface area contributed by atoms with Crippen molar-refractivity contribution < 1.29 is 23.6 Å². The van der Waals surface area contributed by atoms with Crippen molar-refractivity contribution in [1.29, 1.82) is 0 Å². The summed E-state index contributed by atoms with van der Waals surface area (Å²) in [5.41, 5.74) is 0. The average Bonchev–Trinajstić information content (AvgIpc) is 3.44. The quantitative estimate of drug-likeness (QED) is 0.0244. The molecule has 6 nitrogen and oxygen atoms in total. The fourth-order valence-electron chi connectivity index (χ4n) is 10.5. The molecule has 0 amide bonds. The van der Waals surface area contributed by atoms with Crippen LogP contribution in [-0.2, 0) is 23.6 Å². The third kappa shape index (κ3) is 49.0. The predicted molar refractivity (Wildman–Crippen MR) is 353 cm³/mol. The van der Waals surface area contributed by atoms with Crippen molar-refractivity contribution >= 4 is 75.4 Å². The van der Waals surface area contributed by atoms with Crippen molar-refractivity contribution in [3.05, 3.63) is 36.5 Å². The second kappa shape index (κ2) is 61.1. The first-order valence-corrected chi connectivity index (χ1v) is 41.1. The average molecular weight is 1260 g/mol. The summed E-state index contributed by atoms with van der Waals surface area (Å²) in [6, 6.07) is 0. The van der Waals surface area contributed by atoms with E-state index in [1.54, 1.807) is 0 Å². The van der Waals surface area contributed by atoms with Gasteiger partial charge in [0.05, 0.1) is 0 Å². The molecule has 0 aliphatic heterocycles. The molecule has 0 aliphatic carbocycles. The molecule has 3 unspecified atom stereocenters. The zero-order valence-electron chi connectivity index (χ0n) is 51.8. The van der Waals surface area contributed by atoms with E-state index in [2.05, 4.69) is 102 Å². The van der Waals surface area contributed by atoms with Gasteiger partial charge < -0.3 is 0 Å². The number of unbranched alkanes of at least 4 members (excludes halogenated alkanes) is 35. The Hall–Kier alpha value is -0.521. The molecule has 0 spiro atoms. The molecule has 3 atom stereocenters. The molecule has 0 saturated heterocycles. The van der Waals surface area contributed by atoms with Crippen molar-refractivity contribution in [2.75, 3.05) is 17.3 Å². The summed E-state index contributed by atoms with van der Waals surface area (Å²) in [5.74, 6) is -0.668. The first-order valence-electron chi connectivity index (χ1n) is 33.7. The Morgan fingerprint density at radius 3 is 0.731 bits per heavy atom. The molecule has 10 heteroatoms. The summed E-state index contributed by atoms with van der Waals surface area (Å²) < 4.78 is 20.4. The molecule has 0 aromatic heterocycles. The Kier molecular flexibility index (Phi) is 60.6. The van der Waals surface area contributed by atoms with Crippen LogP contribution in [0, 0.1) is 17.8 Å². The molecule has 0 bridgehead atoms. The van der Waals surface area contributed by atoms with Crippen molar-refractivity contribution in [2.24, 2.45) is 17.8 Å². The molecule has 0 rings (SSSR count). The minimum atomic E-state index is -5.31. The summed E-state index contributed by atoms with van der Waals surface area (Å²) in [6.07, 6.45) is 67.4. The summed E-state index contributed by atoms with van der Waals surface area (Å²) in [5, 5.41) is 0. The van der Waals surface area contributed by atoms with E-state index < -0.39 is 37.4 Å². The van der Waals surface area contributed by atoms with Gasteiger partial charge in [0.25, 0.3) is 0 Å². The third-order valence-corrected chi connectivity index (χ3v) is 23.6. The molecule has 78 heavy (non-hydrogen) atoms. The van der Waals surface area contributed by atoms with Gasteiger partial charge in [-0.3, -0.25) is 0 Å². The molecular formula is C68H128O6S3Sn. The van der Waals surface area contributed by atoms with Crippen molar-refractivity contribution in [2.45, 2.75) is 340 Å². The van der Waals surface area contributed by atoms with Crippen LogP contribution < -0.4 is 0 Å². The zero-order valence-corrected chi connectivity index (χ0v) is 57.3. The molecule has 0 aromatic rings. The van der Waals surface area contributed by atoms with Crippen LogP contribution in [0.5, 0.6) is 0 Å². The first-order chi connectivity index (χ1) is 38.3. The van der Waals surface area contributed by atoms with Crippen LogP contribution in [0.3, 0.4) is 0 Å². The third-order valence-electron chi connectivity index (χ3n) is 15.7. The first kappa shape index (κ1) is 77.5. The summed E-state index contributed by atoms with van der Waals surface area (Å²) in [4.78, 5) is 44.0. The van der Waals surface area contributed by atoms with Gasteiger partial charge in [-0.05, 0) is 19.3 Å². The van der Waals surface area contributed by atoms with Crippen LogP contribution in [0.4, 0.5) is 0 Å². The van der Waals surface area contributed by atoms with Crippen LogP contribution >= 0.6 is 37.9 Å². The number of hydrogen-bond donors (Lipinski definition) is 3. The number of rotatable bonds is 61. The van der Waals surface area contributed by atoms with Crippen molar-refractivity contribution in [3.8, 4) is 0 Å². The number of hydrogen-bond acceptors (Lipinski definition) is 9. The van der Waals surface area contributed by atoms with Gasteiger partial charge >= 0.3 is 374 Å². The standard InChI is InChI=1S/3C20H38O2S.C8H17.Sn/c3*1-2-3-4-5-6-7-8-9-10-11-12-13-14-15-16-19(17-18-23)20(21)22;1-3-5-7-8-6-4-2;/h3*9-10,19,23H,2-8,11-18H2,1H3,(H,21,22);1,3-8H2,2H3;/q;;;;+3/p-3/b3*10-9-;;. The van der Waals surface area contributed by atoms with Crippen LogP contribution in [0.25, 0.3) is 0 Å². The van der Waals surface area contributed by atoms with Crippen LogP contribution in [-0.4, -0.2) is 54.8 Å². The van der Waals surface area contributed by atoms with Gasteiger partial charge in [-0.1, -0.05) is 117 Å². The Balaban J connectivity index is 6.14. The van der Waals surface area contributed by atoms with E-state index in [0.717, 1.165) is 128 Å². The van der Waals surface area contributed by atoms with Gasteiger partial charge in [0.2, 0.25) is 0 Å². The summed E-state index contributed by atoms with van der Waals surface area (Å²) in [6.45, 7) is 9.02. The minimum Gasteiger partial charge on any atom is -0.0654 e. The Morgan fingerprint density at radius 1 is 0.295 bits per heavy atom. The molecule has 0 N–H and O–H groups in total.